The first-order chi connectivity index (χ1) is 11.1. The summed E-state index contributed by atoms with van der Waals surface area (Å²) in [6, 6.07) is 6.27. The quantitative estimate of drug-likeness (QED) is 0.747. The summed E-state index contributed by atoms with van der Waals surface area (Å²) in [7, 11) is 0. The standard InChI is InChI=1S/C14H11N5O4/c20-11(7-18-16-12(15-17-18)8-5-6-8)23-19-13(21)9-3-1-2-4-10(9)14(19)22/h1-4,8H,5-7H2. The van der Waals surface area contributed by atoms with Gasteiger partial charge in [-0.1, -0.05) is 17.2 Å². The number of fused-ring (bicyclic) bond motifs is 1. The van der Waals surface area contributed by atoms with E-state index in [-0.39, 0.29) is 17.7 Å². The third kappa shape index (κ3) is 2.35. The van der Waals surface area contributed by atoms with Gasteiger partial charge in [0.25, 0.3) is 11.8 Å². The van der Waals surface area contributed by atoms with Crippen LogP contribution in [0.1, 0.15) is 45.3 Å². The van der Waals surface area contributed by atoms with E-state index >= 15 is 0 Å². The fourth-order valence-electron chi connectivity index (χ4n) is 2.32. The van der Waals surface area contributed by atoms with Crippen LogP contribution in [-0.4, -0.2) is 43.1 Å². The first kappa shape index (κ1) is 13.6. The van der Waals surface area contributed by atoms with Gasteiger partial charge in [-0.15, -0.1) is 10.2 Å². The number of aromatic nitrogens is 4. The molecule has 4 rings (SSSR count). The number of hydroxylamine groups is 2. The van der Waals surface area contributed by atoms with Crippen molar-refractivity contribution >= 4 is 17.8 Å². The normalized spacial score (nSPS) is 16.6. The largest absolute Gasteiger partial charge is 0.356 e. The van der Waals surface area contributed by atoms with Gasteiger partial charge in [0.1, 0.15) is 0 Å². The fraction of sp³-hybridized carbons (Fsp3) is 0.286. The molecule has 1 aromatic carbocycles. The number of rotatable bonds is 4. The number of carbonyl (C=O) groups is 3. The van der Waals surface area contributed by atoms with Crippen LogP contribution in [0.3, 0.4) is 0 Å². The maximum absolute atomic E-state index is 12.1. The molecule has 2 aliphatic rings. The minimum Gasteiger partial charge on any atom is -0.328 e. The number of hydrogen-bond acceptors (Lipinski definition) is 7. The Morgan fingerprint density at radius 1 is 1.17 bits per heavy atom. The van der Waals surface area contributed by atoms with Gasteiger partial charge in [-0.3, -0.25) is 9.59 Å². The molecule has 0 atom stereocenters. The van der Waals surface area contributed by atoms with Gasteiger partial charge in [0.15, 0.2) is 12.4 Å². The number of hydrogen-bond donors (Lipinski definition) is 0. The molecule has 116 valence electrons. The molecule has 23 heavy (non-hydrogen) atoms. The van der Waals surface area contributed by atoms with Gasteiger partial charge >= 0.3 is 5.97 Å². The van der Waals surface area contributed by atoms with Crippen LogP contribution >= 0.6 is 0 Å². The summed E-state index contributed by atoms with van der Waals surface area (Å²) in [5.74, 6) is -1.23. The average Bonchev–Trinajstić information content (AvgIpc) is 3.26. The number of amides is 2. The van der Waals surface area contributed by atoms with Crippen LogP contribution in [0.25, 0.3) is 0 Å². The first-order valence-corrected chi connectivity index (χ1v) is 7.10. The van der Waals surface area contributed by atoms with Crippen LogP contribution in [0.4, 0.5) is 0 Å². The zero-order chi connectivity index (χ0) is 16.0. The lowest BCUT2D eigenvalue weighted by atomic mass is 10.1. The summed E-state index contributed by atoms with van der Waals surface area (Å²) in [5, 5.41) is 12.1. The minimum absolute atomic E-state index is 0.209. The highest BCUT2D eigenvalue weighted by Gasteiger charge is 2.38. The van der Waals surface area contributed by atoms with Gasteiger partial charge in [0.2, 0.25) is 0 Å². The molecular weight excluding hydrogens is 302 g/mol. The Bertz CT molecular complexity index is 791. The monoisotopic (exact) mass is 313 g/mol. The van der Waals surface area contributed by atoms with Crippen molar-refractivity contribution in [2.75, 3.05) is 0 Å². The molecule has 2 aromatic rings. The van der Waals surface area contributed by atoms with Gasteiger partial charge < -0.3 is 4.84 Å². The zero-order valence-corrected chi connectivity index (χ0v) is 11.9. The van der Waals surface area contributed by atoms with E-state index in [2.05, 4.69) is 15.4 Å². The molecule has 0 bridgehead atoms. The second-order valence-electron chi connectivity index (χ2n) is 5.37. The number of imide groups is 1. The van der Waals surface area contributed by atoms with Gasteiger partial charge in [0, 0.05) is 5.92 Å². The lowest BCUT2D eigenvalue weighted by Crippen LogP contribution is -2.34. The average molecular weight is 313 g/mol. The van der Waals surface area contributed by atoms with Crippen molar-refractivity contribution in [1.82, 2.24) is 25.3 Å². The second-order valence-corrected chi connectivity index (χ2v) is 5.37. The molecule has 1 aliphatic heterocycles. The first-order valence-electron chi connectivity index (χ1n) is 7.10. The molecule has 1 aliphatic carbocycles. The zero-order valence-electron chi connectivity index (χ0n) is 11.9. The third-order valence-electron chi connectivity index (χ3n) is 3.63. The topological polar surface area (TPSA) is 107 Å². The Kier molecular flexibility index (Phi) is 2.93. The van der Waals surface area contributed by atoms with E-state index in [1.807, 2.05) is 0 Å². The van der Waals surface area contributed by atoms with E-state index in [0.717, 1.165) is 17.6 Å². The van der Waals surface area contributed by atoms with Crippen molar-refractivity contribution in [2.45, 2.75) is 25.3 Å². The van der Waals surface area contributed by atoms with E-state index < -0.39 is 17.8 Å². The molecule has 9 nitrogen and oxygen atoms in total. The highest BCUT2D eigenvalue weighted by molar-refractivity contribution is 6.20. The van der Waals surface area contributed by atoms with Crippen molar-refractivity contribution in [3.05, 3.63) is 41.2 Å². The number of nitrogens with zero attached hydrogens (tertiary/aromatic N) is 5. The summed E-state index contributed by atoms with van der Waals surface area (Å²) in [6.45, 7) is -0.326. The lowest BCUT2D eigenvalue weighted by molar-refractivity contribution is -0.169. The lowest BCUT2D eigenvalue weighted by Gasteiger charge is -2.11. The maximum atomic E-state index is 12.1. The van der Waals surface area contributed by atoms with Gasteiger partial charge in [0.05, 0.1) is 11.1 Å². The summed E-state index contributed by atoms with van der Waals surface area (Å²) in [5.41, 5.74) is 0.417. The van der Waals surface area contributed by atoms with Gasteiger partial charge in [-0.2, -0.15) is 4.80 Å². The fourth-order valence-corrected chi connectivity index (χ4v) is 2.32. The molecule has 0 spiro atoms. The molecule has 0 radical (unpaired) electrons. The smallest absolute Gasteiger partial charge is 0.328 e. The molecule has 1 saturated carbocycles. The van der Waals surface area contributed by atoms with E-state index in [1.165, 1.54) is 12.1 Å². The van der Waals surface area contributed by atoms with Crippen LogP contribution in [0.15, 0.2) is 24.3 Å². The van der Waals surface area contributed by atoms with Crippen LogP contribution in [0, 0.1) is 0 Å². The predicted octanol–water partition coefficient (Wildman–Crippen LogP) is 0.305. The maximum Gasteiger partial charge on any atom is 0.356 e. The molecule has 2 amide bonds. The summed E-state index contributed by atoms with van der Waals surface area (Å²) >= 11 is 0. The van der Waals surface area contributed by atoms with Crippen molar-refractivity contribution < 1.29 is 19.2 Å². The van der Waals surface area contributed by atoms with Crippen LogP contribution in [0.2, 0.25) is 0 Å². The van der Waals surface area contributed by atoms with Crippen LogP contribution in [-0.2, 0) is 16.2 Å². The summed E-state index contributed by atoms with van der Waals surface area (Å²) < 4.78 is 0. The minimum atomic E-state index is -0.820. The van der Waals surface area contributed by atoms with Crippen molar-refractivity contribution in [2.24, 2.45) is 0 Å². The van der Waals surface area contributed by atoms with Gasteiger partial charge in [-0.25, -0.2) is 4.79 Å². The number of tetrazole rings is 1. The SMILES string of the molecule is O=C(Cn1nnc(C2CC2)n1)ON1C(=O)c2ccccc2C1=O. The molecule has 1 fully saturated rings. The van der Waals surface area contributed by atoms with E-state index in [4.69, 9.17) is 4.84 Å². The van der Waals surface area contributed by atoms with E-state index in [9.17, 15) is 14.4 Å². The Hall–Kier alpha value is -3.10. The summed E-state index contributed by atoms with van der Waals surface area (Å²) in [6.07, 6.45) is 2.04. The molecular formula is C14H11N5O4. The number of benzene rings is 1. The Morgan fingerprint density at radius 3 is 2.43 bits per heavy atom. The molecule has 1 aromatic heterocycles. The molecule has 0 unspecified atom stereocenters. The molecule has 0 saturated heterocycles. The van der Waals surface area contributed by atoms with E-state index in [0.29, 0.717) is 16.8 Å². The predicted molar refractivity (Wildman–Crippen MR) is 72.8 cm³/mol. The number of carbonyl (C=O) groups excluding carboxylic acids is 3. The van der Waals surface area contributed by atoms with Crippen molar-refractivity contribution in [3.63, 3.8) is 0 Å². The van der Waals surface area contributed by atoms with Crippen molar-refractivity contribution in [1.29, 1.82) is 0 Å². The Morgan fingerprint density at radius 2 is 1.83 bits per heavy atom. The van der Waals surface area contributed by atoms with Gasteiger partial charge in [-0.05, 0) is 30.2 Å². The highest BCUT2D eigenvalue weighted by atomic mass is 16.7. The Labute approximate surface area is 129 Å². The third-order valence-corrected chi connectivity index (χ3v) is 3.63. The highest BCUT2D eigenvalue weighted by Crippen LogP contribution is 2.37. The van der Waals surface area contributed by atoms with E-state index in [1.54, 1.807) is 12.1 Å². The molecule has 2 heterocycles. The Balaban J connectivity index is 1.44. The van der Waals surface area contributed by atoms with Crippen molar-refractivity contribution in [3.8, 4) is 0 Å². The summed E-state index contributed by atoms with van der Waals surface area (Å²) in [4.78, 5) is 42.0. The van der Waals surface area contributed by atoms with Crippen LogP contribution < -0.4 is 0 Å². The van der Waals surface area contributed by atoms with Crippen LogP contribution in [0.5, 0.6) is 0 Å². The second kappa shape index (κ2) is 4.97. The molecule has 0 N–H and O–H groups in total. The molecule has 9 heteroatoms.